The molecule has 8 nitrogen and oxygen atoms in total. The predicted molar refractivity (Wildman–Crippen MR) is 111 cm³/mol. The van der Waals surface area contributed by atoms with E-state index in [-0.39, 0.29) is 17.9 Å². The van der Waals surface area contributed by atoms with E-state index in [0.29, 0.717) is 26.0 Å². The van der Waals surface area contributed by atoms with Crippen LogP contribution in [0.4, 0.5) is 0 Å². The maximum Gasteiger partial charge on any atom is 0.306 e. The third-order valence-electron chi connectivity index (χ3n) is 4.14. The maximum atomic E-state index is 11.8. The zero-order chi connectivity index (χ0) is 22.0. The fourth-order valence-corrected chi connectivity index (χ4v) is 3.09. The van der Waals surface area contributed by atoms with Crippen LogP contribution in [-0.4, -0.2) is 40.1 Å². The number of ether oxygens (including phenoxy) is 2. The standard InChI is InChI=1S/C21H26N2O6S/c1-16-4-2-5-18(14-16)28-13-3-6-21(25)29-15-20(24)23-12-11-17-7-9-19(10-8-17)30(22,26)27/h2,4-5,7-10,14H,3,6,11-13,15H2,1H3,(H,23,24)(H2,22,26,27). The molecule has 0 aliphatic heterocycles. The fraction of sp³-hybridized carbons (Fsp3) is 0.333. The van der Waals surface area contributed by atoms with Gasteiger partial charge >= 0.3 is 5.97 Å². The Balaban J connectivity index is 1.57. The summed E-state index contributed by atoms with van der Waals surface area (Å²) in [5.41, 5.74) is 1.94. The molecule has 3 N–H and O–H groups in total. The third-order valence-corrected chi connectivity index (χ3v) is 5.06. The second-order valence-electron chi connectivity index (χ2n) is 6.72. The van der Waals surface area contributed by atoms with Gasteiger partial charge in [-0.2, -0.15) is 0 Å². The van der Waals surface area contributed by atoms with Crippen LogP contribution in [0.3, 0.4) is 0 Å². The molecule has 2 aromatic carbocycles. The zero-order valence-corrected chi connectivity index (χ0v) is 17.6. The summed E-state index contributed by atoms with van der Waals surface area (Å²) in [6.07, 6.45) is 1.15. The smallest absolute Gasteiger partial charge is 0.306 e. The summed E-state index contributed by atoms with van der Waals surface area (Å²) in [6, 6.07) is 13.7. The first kappa shape index (κ1) is 23.4. The largest absolute Gasteiger partial charge is 0.494 e. The second-order valence-corrected chi connectivity index (χ2v) is 8.28. The third kappa shape index (κ3) is 8.62. The normalized spacial score (nSPS) is 11.0. The lowest BCUT2D eigenvalue weighted by Crippen LogP contribution is -2.30. The van der Waals surface area contributed by atoms with E-state index in [9.17, 15) is 18.0 Å². The molecule has 162 valence electrons. The summed E-state index contributed by atoms with van der Waals surface area (Å²) >= 11 is 0. The van der Waals surface area contributed by atoms with Crippen molar-refractivity contribution in [3.05, 3.63) is 59.7 Å². The van der Waals surface area contributed by atoms with Crippen molar-refractivity contribution in [2.75, 3.05) is 19.8 Å². The van der Waals surface area contributed by atoms with Crippen LogP contribution in [0.25, 0.3) is 0 Å². The molecular formula is C21H26N2O6S. The number of rotatable bonds is 11. The Labute approximate surface area is 176 Å². The number of nitrogens with two attached hydrogens (primary N) is 1. The maximum absolute atomic E-state index is 11.8. The number of benzene rings is 2. The Hall–Kier alpha value is -2.91. The van der Waals surface area contributed by atoms with Crippen LogP contribution in [0.5, 0.6) is 5.75 Å². The second kappa shape index (κ2) is 11.3. The van der Waals surface area contributed by atoms with Gasteiger partial charge in [0.1, 0.15) is 5.75 Å². The molecule has 0 saturated carbocycles. The predicted octanol–water partition coefficient (Wildman–Crippen LogP) is 1.70. The van der Waals surface area contributed by atoms with Gasteiger partial charge in [-0.25, -0.2) is 13.6 Å². The number of aryl methyl sites for hydroxylation is 1. The number of amides is 1. The van der Waals surface area contributed by atoms with Crippen molar-refractivity contribution in [3.63, 3.8) is 0 Å². The Morgan fingerprint density at radius 2 is 1.83 bits per heavy atom. The summed E-state index contributed by atoms with van der Waals surface area (Å²) in [5.74, 6) is -0.112. The minimum atomic E-state index is -3.72. The van der Waals surface area contributed by atoms with Crippen molar-refractivity contribution in [2.45, 2.75) is 31.1 Å². The molecular weight excluding hydrogens is 408 g/mol. The topological polar surface area (TPSA) is 125 Å². The van der Waals surface area contributed by atoms with Crippen molar-refractivity contribution in [2.24, 2.45) is 5.14 Å². The lowest BCUT2D eigenvalue weighted by molar-refractivity contribution is -0.148. The monoisotopic (exact) mass is 434 g/mol. The van der Waals surface area contributed by atoms with Gasteiger partial charge in [0.05, 0.1) is 11.5 Å². The number of hydrogen-bond acceptors (Lipinski definition) is 6. The van der Waals surface area contributed by atoms with Crippen LogP contribution < -0.4 is 15.2 Å². The van der Waals surface area contributed by atoms with Gasteiger partial charge in [0, 0.05) is 13.0 Å². The van der Waals surface area contributed by atoms with Gasteiger partial charge in [0.15, 0.2) is 6.61 Å². The molecule has 9 heteroatoms. The quantitative estimate of drug-likeness (QED) is 0.410. The highest BCUT2D eigenvalue weighted by molar-refractivity contribution is 7.89. The molecule has 0 fully saturated rings. The zero-order valence-electron chi connectivity index (χ0n) is 16.8. The van der Waals surface area contributed by atoms with Crippen LogP contribution in [0.1, 0.15) is 24.0 Å². The number of esters is 1. The van der Waals surface area contributed by atoms with Gasteiger partial charge in [0.25, 0.3) is 5.91 Å². The van der Waals surface area contributed by atoms with Crippen molar-refractivity contribution < 1.29 is 27.5 Å². The molecule has 1 amide bonds. The number of carbonyl (C=O) groups is 2. The molecule has 0 aromatic heterocycles. The van der Waals surface area contributed by atoms with E-state index in [4.69, 9.17) is 14.6 Å². The van der Waals surface area contributed by atoms with Crippen molar-refractivity contribution in [3.8, 4) is 5.75 Å². The first-order chi connectivity index (χ1) is 14.2. The van der Waals surface area contributed by atoms with Gasteiger partial charge in [-0.1, -0.05) is 24.3 Å². The molecule has 0 spiro atoms. The molecule has 0 radical (unpaired) electrons. The molecule has 2 rings (SSSR count). The summed E-state index contributed by atoms with van der Waals surface area (Å²) in [6.45, 7) is 2.34. The van der Waals surface area contributed by atoms with Gasteiger partial charge < -0.3 is 14.8 Å². The van der Waals surface area contributed by atoms with Gasteiger partial charge in [-0.05, 0) is 55.2 Å². The molecule has 0 aliphatic carbocycles. The van der Waals surface area contributed by atoms with E-state index in [1.165, 1.54) is 12.1 Å². The summed E-state index contributed by atoms with van der Waals surface area (Å²) in [5, 5.41) is 7.68. The molecule has 0 bridgehead atoms. The van der Waals surface area contributed by atoms with Crippen LogP contribution in [-0.2, 0) is 30.8 Å². The van der Waals surface area contributed by atoms with Gasteiger partial charge in [-0.15, -0.1) is 0 Å². The number of primary sulfonamides is 1. The van der Waals surface area contributed by atoms with Crippen molar-refractivity contribution in [1.29, 1.82) is 0 Å². The highest BCUT2D eigenvalue weighted by Crippen LogP contribution is 2.13. The van der Waals surface area contributed by atoms with Crippen LogP contribution in [0, 0.1) is 6.92 Å². The number of nitrogens with one attached hydrogen (secondary N) is 1. The molecule has 2 aromatic rings. The first-order valence-electron chi connectivity index (χ1n) is 9.47. The van der Waals surface area contributed by atoms with Gasteiger partial charge in [-0.3, -0.25) is 9.59 Å². The Kier molecular flexibility index (Phi) is 8.82. The highest BCUT2D eigenvalue weighted by atomic mass is 32.2. The summed E-state index contributed by atoms with van der Waals surface area (Å²) < 4.78 is 32.9. The van der Waals surface area contributed by atoms with Crippen LogP contribution in [0.2, 0.25) is 0 Å². The lowest BCUT2D eigenvalue weighted by atomic mass is 10.1. The van der Waals surface area contributed by atoms with E-state index >= 15 is 0 Å². The molecule has 0 aliphatic rings. The van der Waals surface area contributed by atoms with Crippen molar-refractivity contribution in [1.82, 2.24) is 5.32 Å². The van der Waals surface area contributed by atoms with Gasteiger partial charge in [0.2, 0.25) is 10.0 Å². The first-order valence-corrected chi connectivity index (χ1v) is 11.0. The van der Waals surface area contributed by atoms with Crippen molar-refractivity contribution >= 4 is 21.9 Å². The van der Waals surface area contributed by atoms with E-state index in [2.05, 4.69) is 5.32 Å². The van der Waals surface area contributed by atoms with E-state index in [1.807, 2.05) is 31.2 Å². The lowest BCUT2D eigenvalue weighted by Gasteiger charge is -2.08. The number of sulfonamides is 1. The molecule has 0 unspecified atom stereocenters. The summed E-state index contributed by atoms with van der Waals surface area (Å²) in [7, 11) is -3.72. The van der Waals surface area contributed by atoms with E-state index in [1.54, 1.807) is 12.1 Å². The minimum absolute atomic E-state index is 0.0338. The van der Waals surface area contributed by atoms with Crippen LogP contribution in [0.15, 0.2) is 53.4 Å². The molecule has 0 atom stereocenters. The fourth-order valence-electron chi connectivity index (χ4n) is 2.57. The number of carbonyl (C=O) groups excluding carboxylic acids is 2. The average molecular weight is 435 g/mol. The SMILES string of the molecule is Cc1cccc(OCCCC(=O)OCC(=O)NCCc2ccc(S(N)(=O)=O)cc2)c1. The van der Waals surface area contributed by atoms with Crippen LogP contribution >= 0.6 is 0 Å². The molecule has 0 heterocycles. The van der Waals surface area contributed by atoms with E-state index in [0.717, 1.165) is 16.9 Å². The Bertz CT molecular complexity index is 958. The average Bonchev–Trinajstić information content (AvgIpc) is 2.69. The minimum Gasteiger partial charge on any atom is -0.494 e. The molecule has 30 heavy (non-hydrogen) atoms. The Morgan fingerprint density at radius 1 is 1.10 bits per heavy atom. The number of hydrogen-bond donors (Lipinski definition) is 2. The Morgan fingerprint density at radius 3 is 2.50 bits per heavy atom. The highest BCUT2D eigenvalue weighted by Gasteiger charge is 2.09. The molecule has 0 saturated heterocycles. The van der Waals surface area contributed by atoms with E-state index < -0.39 is 21.9 Å². The summed E-state index contributed by atoms with van der Waals surface area (Å²) in [4.78, 5) is 23.5.